The van der Waals surface area contributed by atoms with E-state index in [1.807, 2.05) is 6.07 Å². The molecule has 0 spiro atoms. The number of esters is 1. The number of anilines is 2. The van der Waals surface area contributed by atoms with Gasteiger partial charge in [-0.1, -0.05) is 0 Å². The van der Waals surface area contributed by atoms with Crippen LogP contribution in [-0.2, 0) is 9.53 Å². The van der Waals surface area contributed by atoms with Crippen molar-refractivity contribution in [3.63, 3.8) is 0 Å². The molecule has 18 heavy (non-hydrogen) atoms. The molecular weight excluding hydrogens is 230 g/mol. The third-order valence-corrected chi connectivity index (χ3v) is 2.37. The van der Waals surface area contributed by atoms with Crippen LogP contribution >= 0.6 is 0 Å². The van der Waals surface area contributed by atoms with Crippen LogP contribution < -0.4 is 11.1 Å². The summed E-state index contributed by atoms with van der Waals surface area (Å²) in [6.45, 7) is 2.84. The van der Waals surface area contributed by atoms with Gasteiger partial charge in [-0.25, -0.2) is 0 Å². The number of nitrogens with one attached hydrogen (secondary N) is 1. The molecule has 0 radical (unpaired) electrons. The monoisotopic (exact) mass is 247 g/mol. The molecule has 0 aliphatic carbocycles. The fourth-order valence-electron chi connectivity index (χ4n) is 1.46. The van der Waals surface area contributed by atoms with E-state index in [9.17, 15) is 4.79 Å². The Balaban J connectivity index is 2.36. The summed E-state index contributed by atoms with van der Waals surface area (Å²) >= 11 is 0. The third-order valence-electron chi connectivity index (χ3n) is 2.37. The van der Waals surface area contributed by atoms with Gasteiger partial charge in [0.05, 0.1) is 12.2 Å². The van der Waals surface area contributed by atoms with Crippen molar-refractivity contribution in [3.8, 4) is 6.07 Å². The molecule has 0 heterocycles. The number of rotatable bonds is 6. The summed E-state index contributed by atoms with van der Waals surface area (Å²) in [6, 6.07) is 7.21. The second-order valence-corrected chi connectivity index (χ2v) is 3.75. The van der Waals surface area contributed by atoms with Crippen LogP contribution in [0.4, 0.5) is 11.4 Å². The summed E-state index contributed by atoms with van der Waals surface area (Å²) in [7, 11) is 0. The van der Waals surface area contributed by atoms with Gasteiger partial charge in [-0.2, -0.15) is 5.26 Å². The Kier molecular flexibility index (Phi) is 5.52. The van der Waals surface area contributed by atoms with E-state index in [1.165, 1.54) is 0 Å². The molecule has 1 aromatic rings. The first-order valence-electron chi connectivity index (χ1n) is 5.86. The predicted molar refractivity (Wildman–Crippen MR) is 69.9 cm³/mol. The zero-order valence-corrected chi connectivity index (χ0v) is 10.4. The topological polar surface area (TPSA) is 88.1 Å². The number of carbonyl (C=O) groups is 1. The van der Waals surface area contributed by atoms with E-state index in [0.717, 1.165) is 5.69 Å². The first kappa shape index (κ1) is 13.8. The zero-order valence-electron chi connectivity index (χ0n) is 10.4. The number of hydrogen-bond acceptors (Lipinski definition) is 5. The summed E-state index contributed by atoms with van der Waals surface area (Å²) in [5.74, 6) is -0.186. The highest BCUT2D eigenvalue weighted by Crippen LogP contribution is 2.16. The number of carbonyl (C=O) groups excluding carboxylic acids is 1. The molecule has 5 heteroatoms. The van der Waals surface area contributed by atoms with Crippen LogP contribution in [0, 0.1) is 11.3 Å². The molecule has 0 fully saturated rings. The largest absolute Gasteiger partial charge is 0.466 e. The minimum absolute atomic E-state index is 0.186. The van der Waals surface area contributed by atoms with Crippen molar-refractivity contribution in [2.45, 2.75) is 19.8 Å². The average Bonchev–Trinajstić information content (AvgIpc) is 2.37. The molecule has 0 amide bonds. The minimum atomic E-state index is -0.186. The van der Waals surface area contributed by atoms with Crippen molar-refractivity contribution in [2.75, 3.05) is 24.2 Å². The molecule has 96 valence electrons. The Labute approximate surface area is 107 Å². The maximum Gasteiger partial charge on any atom is 0.305 e. The van der Waals surface area contributed by atoms with Gasteiger partial charge in [-0.15, -0.1) is 0 Å². The second-order valence-electron chi connectivity index (χ2n) is 3.75. The Hall–Kier alpha value is -2.22. The van der Waals surface area contributed by atoms with Crippen LogP contribution in [0.1, 0.15) is 25.3 Å². The first-order valence-corrected chi connectivity index (χ1v) is 5.86. The van der Waals surface area contributed by atoms with Gasteiger partial charge in [-0.3, -0.25) is 4.79 Å². The second kappa shape index (κ2) is 7.17. The molecule has 3 N–H and O–H groups in total. The molecule has 0 saturated heterocycles. The molecule has 0 aliphatic rings. The highest BCUT2D eigenvalue weighted by atomic mass is 16.5. The molecule has 0 aliphatic heterocycles. The number of nitrogens with zero attached hydrogens (tertiary/aromatic N) is 1. The predicted octanol–water partition coefficient (Wildman–Crippen LogP) is 1.90. The lowest BCUT2D eigenvalue weighted by Gasteiger charge is -2.07. The summed E-state index contributed by atoms with van der Waals surface area (Å²) in [6.07, 6.45) is 1.08. The smallest absolute Gasteiger partial charge is 0.305 e. The highest BCUT2D eigenvalue weighted by molar-refractivity contribution is 5.69. The molecule has 1 aromatic carbocycles. The summed E-state index contributed by atoms with van der Waals surface area (Å²) in [5, 5.41) is 12.0. The minimum Gasteiger partial charge on any atom is -0.466 e. The maximum absolute atomic E-state index is 11.1. The van der Waals surface area contributed by atoms with Crippen molar-refractivity contribution >= 4 is 17.3 Å². The molecule has 5 nitrogen and oxygen atoms in total. The summed E-state index contributed by atoms with van der Waals surface area (Å²) < 4.78 is 4.82. The fraction of sp³-hybridized carbons (Fsp3) is 0.385. The van der Waals surface area contributed by atoms with Crippen LogP contribution in [-0.4, -0.2) is 19.1 Å². The molecule has 0 saturated carbocycles. The van der Waals surface area contributed by atoms with Gasteiger partial charge in [0.25, 0.3) is 0 Å². The van der Waals surface area contributed by atoms with Gasteiger partial charge in [0.15, 0.2) is 0 Å². The lowest BCUT2D eigenvalue weighted by molar-refractivity contribution is -0.143. The number of ether oxygens (including phenoxy) is 1. The third kappa shape index (κ3) is 4.34. The number of hydrogen-bond donors (Lipinski definition) is 2. The van der Waals surface area contributed by atoms with Crippen LogP contribution in [0.15, 0.2) is 18.2 Å². The first-order chi connectivity index (χ1) is 8.67. The van der Waals surface area contributed by atoms with Crippen molar-refractivity contribution in [1.82, 2.24) is 0 Å². The lowest BCUT2D eigenvalue weighted by atomic mass is 10.1. The molecule has 0 atom stereocenters. The summed E-state index contributed by atoms with van der Waals surface area (Å²) in [4.78, 5) is 11.1. The fourth-order valence-corrected chi connectivity index (χ4v) is 1.46. The molecule has 0 unspecified atom stereocenters. The number of nitrogen functional groups attached to an aromatic ring is 1. The Morgan fingerprint density at radius 2 is 2.33 bits per heavy atom. The Morgan fingerprint density at radius 3 is 3.00 bits per heavy atom. The number of nitrogens with two attached hydrogens (primary N) is 1. The Morgan fingerprint density at radius 1 is 1.56 bits per heavy atom. The normalized spacial score (nSPS) is 9.56. The van der Waals surface area contributed by atoms with E-state index >= 15 is 0 Å². The van der Waals surface area contributed by atoms with Crippen molar-refractivity contribution < 1.29 is 9.53 Å². The van der Waals surface area contributed by atoms with E-state index in [4.69, 9.17) is 15.7 Å². The van der Waals surface area contributed by atoms with E-state index in [1.54, 1.807) is 25.1 Å². The molecule has 0 bridgehead atoms. The van der Waals surface area contributed by atoms with Gasteiger partial charge in [0.1, 0.15) is 6.07 Å². The van der Waals surface area contributed by atoms with Gasteiger partial charge in [0, 0.05) is 24.3 Å². The molecule has 0 aromatic heterocycles. The van der Waals surface area contributed by atoms with Crippen LogP contribution in [0.3, 0.4) is 0 Å². The van der Waals surface area contributed by atoms with Crippen LogP contribution in [0.2, 0.25) is 0 Å². The van der Waals surface area contributed by atoms with Gasteiger partial charge >= 0.3 is 5.97 Å². The van der Waals surface area contributed by atoms with Gasteiger partial charge in [0.2, 0.25) is 0 Å². The van der Waals surface area contributed by atoms with Crippen LogP contribution in [0.25, 0.3) is 0 Å². The SMILES string of the molecule is CCOC(=O)CCCNc1ccc(N)c(C#N)c1. The zero-order chi connectivity index (χ0) is 13.4. The van der Waals surface area contributed by atoms with E-state index in [2.05, 4.69) is 5.32 Å². The quantitative estimate of drug-likeness (QED) is 0.455. The standard InChI is InChI=1S/C13H17N3O2/c1-2-18-13(17)4-3-7-16-11-5-6-12(15)10(8-11)9-14/h5-6,8,16H,2-4,7,15H2,1H3. The highest BCUT2D eigenvalue weighted by Gasteiger charge is 2.02. The van der Waals surface area contributed by atoms with Crippen LogP contribution in [0.5, 0.6) is 0 Å². The van der Waals surface area contributed by atoms with Gasteiger partial charge < -0.3 is 15.8 Å². The maximum atomic E-state index is 11.1. The van der Waals surface area contributed by atoms with Gasteiger partial charge in [-0.05, 0) is 31.5 Å². The van der Waals surface area contributed by atoms with E-state index in [-0.39, 0.29) is 5.97 Å². The molecular formula is C13H17N3O2. The van der Waals surface area contributed by atoms with Crippen molar-refractivity contribution in [3.05, 3.63) is 23.8 Å². The average molecular weight is 247 g/mol. The van der Waals surface area contributed by atoms with Crippen molar-refractivity contribution in [1.29, 1.82) is 5.26 Å². The number of benzene rings is 1. The molecule has 1 rings (SSSR count). The van der Waals surface area contributed by atoms with E-state index in [0.29, 0.717) is 37.2 Å². The lowest BCUT2D eigenvalue weighted by Crippen LogP contribution is -2.08. The number of nitriles is 1. The van der Waals surface area contributed by atoms with Crippen molar-refractivity contribution in [2.24, 2.45) is 0 Å². The van der Waals surface area contributed by atoms with E-state index < -0.39 is 0 Å². The Bertz CT molecular complexity index is 452. The summed E-state index contributed by atoms with van der Waals surface area (Å²) in [5.41, 5.74) is 7.36.